The van der Waals surface area contributed by atoms with Gasteiger partial charge in [-0.05, 0) is 13.8 Å². The molecule has 13 heavy (non-hydrogen) atoms. The molecule has 0 saturated heterocycles. The van der Waals surface area contributed by atoms with Crippen LogP contribution in [-0.2, 0) is 14.3 Å². The molecule has 0 heterocycles. The normalized spacial score (nSPS) is 13.0. The summed E-state index contributed by atoms with van der Waals surface area (Å²) in [6.07, 6.45) is 0. The summed E-state index contributed by atoms with van der Waals surface area (Å²) < 4.78 is 34.5. The summed E-state index contributed by atoms with van der Waals surface area (Å²) in [5, 5.41) is 10.0. The van der Waals surface area contributed by atoms with Crippen LogP contribution in [0.25, 0.3) is 0 Å². The van der Waals surface area contributed by atoms with E-state index in [1.165, 1.54) is 7.11 Å². The average Bonchev–Trinajstić information content (AvgIpc) is 2.00. The maximum atomic E-state index is 12.8. The van der Waals surface area contributed by atoms with E-state index in [9.17, 15) is 18.7 Å². The maximum Gasteiger partial charge on any atom is 0.315 e. The third-order valence-electron chi connectivity index (χ3n) is 1.55. The van der Waals surface area contributed by atoms with E-state index < -0.39 is 24.3 Å². The molecular weight excluding hydrogens is 186 g/mol. The third-order valence-corrected chi connectivity index (χ3v) is 1.55. The lowest BCUT2D eigenvalue weighted by Gasteiger charge is -2.33. The molecule has 0 aromatic rings. The number of ether oxygens (including phenoxy) is 2. The Labute approximate surface area is 74.4 Å². The van der Waals surface area contributed by atoms with Crippen molar-refractivity contribution in [3.63, 3.8) is 0 Å². The lowest BCUT2D eigenvalue weighted by Crippen LogP contribution is -2.56. The molecule has 0 aliphatic heterocycles. The number of alkyl halides is 2. The zero-order valence-corrected chi connectivity index (χ0v) is 7.60. The average molecular weight is 197 g/mol. The van der Waals surface area contributed by atoms with E-state index in [0.29, 0.717) is 0 Å². The van der Waals surface area contributed by atoms with Gasteiger partial charge >= 0.3 is 5.92 Å². The van der Waals surface area contributed by atoms with Crippen LogP contribution in [0.3, 0.4) is 0 Å². The smallest absolute Gasteiger partial charge is 0.315 e. The van der Waals surface area contributed by atoms with Gasteiger partial charge < -0.3 is 19.4 Å². The monoisotopic (exact) mass is 197 g/mol. The predicted molar refractivity (Wildman–Crippen MR) is 37.0 cm³/mol. The first-order valence-electron chi connectivity index (χ1n) is 3.48. The molecule has 0 bridgehead atoms. The quantitative estimate of drug-likeness (QED) is 0.571. The van der Waals surface area contributed by atoms with Crippen LogP contribution >= 0.6 is 0 Å². The summed E-state index contributed by atoms with van der Waals surface area (Å²) in [7, 11) is 1.24. The highest BCUT2D eigenvalue weighted by Gasteiger charge is 2.49. The van der Waals surface area contributed by atoms with Crippen LogP contribution in [0, 0.1) is 0 Å². The number of hydrogen-bond acceptors (Lipinski definition) is 4. The summed E-state index contributed by atoms with van der Waals surface area (Å²) in [6, 6.07) is 0. The molecule has 0 aliphatic carbocycles. The van der Waals surface area contributed by atoms with Crippen molar-refractivity contribution in [2.45, 2.75) is 25.4 Å². The minimum absolute atomic E-state index is 0.407. The number of carbonyl (C=O) groups is 1. The summed E-state index contributed by atoms with van der Waals surface area (Å²) in [4.78, 5) is 10.0. The van der Waals surface area contributed by atoms with Crippen LogP contribution in [0.2, 0.25) is 0 Å². The van der Waals surface area contributed by atoms with Crippen molar-refractivity contribution >= 4 is 5.97 Å². The zero-order valence-electron chi connectivity index (χ0n) is 7.60. The molecule has 78 valence electrons. The first-order valence-corrected chi connectivity index (χ1v) is 3.48. The molecule has 0 radical (unpaired) electrons. The van der Waals surface area contributed by atoms with E-state index in [4.69, 9.17) is 0 Å². The molecule has 0 aromatic heterocycles. The Morgan fingerprint density at radius 1 is 1.46 bits per heavy atom. The number of hydrogen-bond donors (Lipinski definition) is 0. The van der Waals surface area contributed by atoms with Crippen molar-refractivity contribution in [2.24, 2.45) is 0 Å². The lowest BCUT2D eigenvalue weighted by molar-refractivity contribution is -0.346. The molecule has 4 nitrogen and oxygen atoms in total. The molecule has 0 aromatic carbocycles. The van der Waals surface area contributed by atoms with E-state index in [1.807, 2.05) is 0 Å². The number of carbonyl (C=O) groups excluding carboxylic acids is 1. The van der Waals surface area contributed by atoms with Gasteiger partial charge in [-0.15, -0.1) is 0 Å². The topological polar surface area (TPSA) is 58.6 Å². The van der Waals surface area contributed by atoms with E-state index in [0.717, 1.165) is 13.8 Å². The SMILES string of the molecule is COCOC(C)(C)C(F)(F)C(=O)[O-]. The maximum absolute atomic E-state index is 12.8. The van der Waals surface area contributed by atoms with Crippen LogP contribution < -0.4 is 5.11 Å². The van der Waals surface area contributed by atoms with Gasteiger partial charge in [-0.3, -0.25) is 0 Å². The molecule has 0 aliphatic rings. The van der Waals surface area contributed by atoms with Crippen molar-refractivity contribution in [1.82, 2.24) is 0 Å². The first-order chi connectivity index (χ1) is 5.75. The Morgan fingerprint density at radius 2 is 1.92 bits per heavy atom. The van der Waals surface area contributed by atoms with Crippen LogP contribution in [0.4, 0.5) is 8.78 Å². The number of aliphatic carboxylic acids is 1. The van der Waals surface area contributed by atoms with Crippen molar-refractivity contribution in [3.05, 3.63) is 0 Å². The largest absolute Gasteiger partial charge is 0.544 e. The second-order valence-corrected chi connectivity index (χ2v) is 2.92. The van der Waals surface area contributed by atoms with Gasteiger partial charge in [-0.1, -0.05) is 0 Å². The van der Waals surface area contributed by atoms with Crippen molar-refractivity contribution in [3.8, 4) is 0 Å². The number of carboxylic acids is 1. The summed E-state index contributed by atoms with van der Waals surface area (Å²) in [5.74, 6) is -6.51. The fourth-order valence-corrected chi connectivity index (χ4v) is 0.543. The summed E-state index contributed by atoms with van der Waals surface area (Å²) >= 11 is 0. The molecule has 0 atom stereocenters. The molecule has 0 N–H and O–H groups in total. The minimum Gasteiger partial charge on any atom is -0.544 e. The molecule has 0 spiro atoms. The third kappa shape index (κ3) is 2.60. The van der Waals surface area contributed by atoms with Gasteiger partial charge in [0.2, 0.25) is 0 Å². The van der Waals surface area contributed by atoms with Gasteiger partial charge in [0.25, 0.3) is 0 Å². The van der Waals surface area contributed by atoms with Crippen molar-refractivity contribution in [1.29, 1.82) is 0 Å². The van der Waals surface area contributed by atoms with Gasteiger partial charge in [-0.2, -0.15) is 8.78 Å². The fraction of sp³-hybridized carbons (Fsp3) is 0.857. The number of halogens is 2. The molecule has 0 unspecified atom stereocenters. The van der Waals surface area contributed by atoms with Gasteiger partial charge in [-0.25, -0.2) is 0 Å². The van der Waals surface area contributed by atoms with E-state index in [1.54, 1.807) is 0 Å². The number of rotatable bonds is 5. The van der Waals surface area contributed by atoms with Gasteiger partial charge in [0.1, 0.15) is 18.4 Å². The molecule has 0 saturated carbocycles. The van der Waals surface area contributed by atoms with E-state index in [-0.39, 0.29) is 0 Å². The molecule has 0 amide bonds. The highest BCUT2D eigenvalue weighted by molar-refractivity contribution is 5.74. The highest BCUT2D eigenvalue weighted by Crippen LogP contribution is 2.30. The second-order valence-electron chi connectivity index (χ2n) is 2.92. The highest BCUT2D eigenvalue weighted by atomic mass is 19.3. The van der Waals surface area contributed by atoms with Crippen molar-refractivity contribution < 1.29 is 28.2 Å². The van der Waals surface area contributed by atoms with Gasteiger partial charge in [0, 0.05) is 7.11 Å². The second kappa shape index (κ2) is 3.97. The minimum atomic E-state index is -4.05. The van der Waals surface area contributed by atoms with Crippen LogP contribution in [0.1, 0.15) is 13.8 Å². The Morgan fingerprint density at radius 3 is 2.23 bits per heavy atom. The van der Waals surface area contributed by atoms with Crippen LogP contribution in [0.5, 0.6) is 0 Å². The summed E-state index contributed by atoms with van der Waals surface area (Å²) in [6.45, 7) is 1.49. The molecule has 0 fully saturated rings. The van der Waals surface area contributed by atoms with E-state index in [2.05, 4.69) is 9.47 Å². The Hall–Kier alpha value is -0.750. The van der Waals surface area contributed by atoms with Crippen molar-refractivity contribution in [2.75, 3.05) is 13.9 Å². The lowest BCUT2D eigenvalue weighted by atomic mass is 10.0. The van der Waals surface area contributed by atoms with E-state index >= 15 is 0 Å². The standard InChI is InChI=1S/C7H12F2O4/c1-6(2,13-4-12-3)7(8,9)5(10)11/h4H2,1-3H3,(H,10,11)/p-1. The van der Waals surface area contributed by atoms with Crippen LogP contribution in [0.15, 0.2) is 0 Å². The van der Waals surface area contributed by atoms with Gasteiger partial charge in [0.15, 0.2) is 0 Å². The van der Waals surface area contributed by atoms with Gasteiger partial charge in [0.05, 0.1) is 0 Å². The Balaban J connectivity index is 4.50. The summed E-state index contributed by atoms with van der Waals surface area (Å²) in [5.41, 5.74) is -2.15. The zero-order chi connectivity index (χ0) is 10.7. The predicted octanol–water partition coefficient (Wildman–Crippen LogP) is -0.229. The fourth-order valence-electron chi connectivity index (χ4n) is 0.543. The molecular formula is C7H11F2O4-. The molecule has 6 heteroatoms. The Bertz CT molecular complexity index is 191. The first kappa shape index (κ1) is 12.2. The Kier molecular flexibility index (Phi) is 3.74. The molecule has 0 rings (SSSR count). The number of methoxy groups -OCH3 is 1. The van der Waals surface area contributed by atoms with Crippen LogP contribution in [-0.4, -0.2) is 31.4 Å². The number of carboxylic acid groups (broad SMARTS) is 1.